The van der Waals surface area contributed by atoms with Crippen LogP contribution < -0.4 is 5.32 Å². The van der Waals surface area contributed by atoms with E-state index in [0.717, 1.165) is 16.9 Å². The molecule has 0 atom stereocenters. The van der Waals surface area contributed by atoms with Gasteiger partial charge in [-0.3, -0.25) is 19.5 Å². The van der Waals surface area contributed by atoms with E-state index in [0.29, 0.717) is 38.3 Å². The lowest BCUT2D eigenvalue weighted by Gasteiger charge is -2.34. The Morgan fingerprint density at radius 2 is 1.56 bits per heavy atom. The van der Waals surface area contributed by atoms with Gasteiger partial charge in [-0.1, -0.05) is 48.5 Å². The fourth-order valence-electron chi connectivity index (χ4n) is 3.69. The SMILES string of the molecule is O=C(CN1CCN(C(=O)c2ccccc2C=Cc2ccccn2)CC1)Nc1ccccc1. The van der Waals surface area contributed by atoms with E-state index in [1.807, 2.05) is 89.8 Å². The van der Waals surface area contributed by atoms with Gasteiger partial charge in [-0.05, 0) is 42.0 Å². The number of hydrogen-bond acceptors (Lipinski definition) is 4. The van der Waals surface area contributed by atoms with Crippen molar-refractivity contribution in [2.75, 3.05) is 38.0 Å². The summed E-state index contributed by atoms with van der Waals surface area (Å²) in [5.41, 5.74) is 3.18. The van der Waals surface area contributed by atoms with E-state index >= 15 is 0 Å². The van der Waals surface area contributed by atoms with Crippen molar-refractivity contribution in [1.29, 1.82) is 0 Å². The molecule has 2 amide bonds. The van der Waals surface area contributed by atoms with Crippen LogP contribution >= 0.6 is 0 Å². The monoisotopic (exact) mass is 426 g/mol. The first-order valence-corrected chi connectivity index (χ1v) is 10.7. The number of piperazine rings is 1. The maximum atomic E-state index is 13.2. The Bertz CT molecular complexity index is 1080. The summed E-state index contributed by atoms with van der Waals surface area (Å²) < 4.78 is 0. The summed E-state index contributed by atoms with van der Waals surface area (Å²) in [5.74, 6) is -0.0272. The second kappa shape index (κ2) is 10.5. The molecule has 0 bridgehead atoms. The van der Waals surface area contributed by atoms with E-state index < -0.39 is 0 Å². The minimum atomic E-state index is -0.0408. The molecule has 2 aromatic carbocycles. The Hall–Kier alpha value is -3.77. The Kier molecular flexibility index (Phi) is 7.05. The molecule has 0 spiro atoms. The first-order valence-electron chi connectivity index (χ1n) is 10.7. The number of pyridine rings is 1. The molecular weight excluding hydrogens is 400 g/mol. The van der Waals surface area contributed by atoms with E-state index in [4.69, 9.17) is 0 Å². The number of carbonyl (C=O) groups is 2. The average Bonchev–Trinajstić information content (AvgIpc) is 2.84. The molecule has 1 aliphatic heterocycles. The molecule has 1 aromatic heterocycles. The molecule has 4 rings (SSSR count). The number of anilines is 1. The molecule has 162 valence electrons. The van der Waals surface area contributed by atoms with Crippen molar-refractivity contribution < 1.29 is 9.59 Å². The largest absolute Gasteiger partial charge is 0.336 e. The normalized spacial score (nSPS) is 14.4. The predicted octanol–water partition coefficient (Wildman–Crippen LogP) is 3.65. The molecule has 1 fully saturated rings. The maximum absolute atomic E-state index is 13.2. The van der Waals surface area contributed by atoms with Crippen LogP contribution in [0.4, 0.5) is 5.69 Å². The van der Waals surface area contributed by atoms with Gasteiger partial charge in [0.05, 0.1) is 12.2 Å². The van der Waals surface area contributed by atoms with Crippen LogP contribution in [-0.4, -0.2) is 59.3 Å². The fraction of sp³-hybridized carbons (Fsp3) is 0.192. The van der Waals surface area contributed by atoms with Gasteiger partial charge < -0.3 is 10.2 Å². The number of carbonyl (C=O) groups excluding carboxylic acids is 2. The number of rotatable bonds is 6. The van der Waals surface area contributed by atoms with Crippen LogP contribution in [0.25, 0.3) is 12.2 Å². The summed E-state index contributed by atoms with van der Waals surface area (Å²) in [6, 6.07) is 22.8. The molecule has 2 heterocycles. The summed E-state index contributed by atoms with van der Waals surface area (Å²) in [6.45, 7) is 2.84. The zero-order valence-electron chi connectivity index (χ0n) is 17.9. The van der Waals surface area contributed by atoms with Crippen molar-refractivity contribution in [3.05, 3.63) is 95.8 Å². The van der Waals surface area contributed by atoms with E-state index in [1.54, 1.807) is 6.20 Å². The van der Waals surface area contributed by atoms with Gasteiger partial charge in [-0.15, -0.1) is 0 Å². The number of nitrogens with one attached hydrogen (secondary N) is 1. The third kappa shape index (κ3) is 5.68. The van der Waals surface area contributed by atoms with Crippen molar-refractivity contribution in [2.45, 2.75) is 0 Å². The summed E-state index contributed by atoms with van der Waals surface area (Å²) in [5, 5.41) is 2.91. The summed E-state index contributed by atoms with van der Waals surface area (Å²) >= 11 is 0. The highest BCUT2D eigenvalue weighted by Crippen LogP contribution is 2.16. The van der Waals surface area contributed by atoms with Gasteiger partial charge in [0.25, 0.3) is 5.91 Å². The van der Waals surface area contributed by atoms with Gasteiger partial charge in [0.15, 0.2) is 0 Å². The molecule has 0 aliphatic carbocycles. The van der Waals surface area contributed by atoms with Crippen LogP contribution in [0.2, 0.25) is 0 Å². The predicted molar refractivity (Wildman–Crippen MR) is 127 cm³/mol. The zero-order chi connectivity index (χ0) is 22.2. The van der Waals surface area contributed by atoms with Crippen LogP contribution in [-0.2, 0) is 4.79 Å². The second-order valence-corrected chi connectivity index (χ2v) is 7.66. The fourth-order valence-corrected chi connectivity index (χ4v) is 3.69. The molecule has 1 saturated heterocycles. The lowest BCUT2D eigenvalue weighted by atomic mass is 10.0. The van der Waals surface area contributed by atoms with Gasteiger partial charge in [0.1, 0.15) is 0 Å². The molecule has 0 saturated carbocycles. The van der Waals surface area contributed by atoms with Crippen molar-refractivity contribution in [2.24, 2.45) is 0 Å². The molecule has 3 aromatic rings. The number of para-hydroxylation sites is 1. The van der Waals surface area contributed by atoms with E-state index in [9.17, 15) is 9.59 Å². The molecule has 6 heteroatoms. The van der Waals surface area contributed by atoms with Gasteiger partial charge in [-0.25, -0.2) is 0 Å². The van der Waals surface area contributed by atoms with Gasteiger partial charge in [0.2, 0.25) is 5.91 Å². The minimum absolute atomic E-state index is 0.0136. The topological polar surface area (TPSA) is 65.5 Å². The van der Waals surface area contributed by atoms with Crippen molar-refractivity contribution in [1.82, 2.24) is 14.8 Å². The van der Waals surface area contributed by atoms with Gasteiger partial charge >= 0.3 is 0 Å². The Morgan fingerprint density at radius 3 is 2.31 bits per heavy atom. The van der Waals surface area contributed by atoms with E-state index in [2.05, 4.69) is 15.2 Å². The standard InChI is InChI=1S/C26H26N4O2/c31-25(28-23-10-2-1-3-11-23)20-29-16-18-30(19-17-29)26(32)24-12-5-4-8-21(24)13-14-22-9-6-7-15-27-22/h1-15H,16-20H2,(H,28,31). The Balaban J connectivity index is 1.34. The molecule has 0 radical (unpaired) electrons. The maximum Gasteiger partial charge on any atom is 0.254 e. The van der Waals surface area contributed by atoms with Crippen LogP contribution in [0, 0.1) is 0 Å². The van der Waals surface area contributed by atoms with Crippen molar-refractivity contribution >= 4 is 29.7 Å². The van der Waals surface area contributed by atoms with Crippen LogP contribution in [0.5, 0.6) is 0 Å². The summed E-state index contributed by atoms with van der Waals surface area (Å²) in [4.78, 5) is 33.7. The number of aromatic nitrogens is 1. The Morgan fingerprint density at radius 1 is 0.844 bits per heavy atom. The molecule has 6 nitrogen and oxygen atoms in total. The Labute approximate surface area is 188 Å². The second-order valence-electron chi connectivity index (χ2n) is 7.66. The number of nitrogens with zero attached hydrogens (tertiary/aromatic N) is 3. The molecule has 1 aliphatic rings. The summed E-state index contributed by atoms with van der Waals surface area (Å²) in [7, 11) is 0. The lowest BCUT2D eigenvalue weighted by molar-refractivity contribution is -0.117. The van der Waals surface area contributed by atoms with Crippen molar-refractivity contribution in [3.8, 4) is 0 Å². The molecular formula is C26H26N4O2. The first-order chi connectivity index (χ1) is 15.7. The third-order valence-electron chi connectivity index (χ3n) is 5.40. The third-order valence-corrected chi connectivity index (χ3v) is 5.40. The quantitative estimate of drug-likeness (QED) is 0.654. The van der Waals surface area contributed by atoms with Gasteiger partial charge in [-0.2, -0.15) is 0 Å². The highest BCUT2D eigenvalue weighted by molar-refractivity contribution is 5.98. The summed E-state index contributed by atoms with van der Waals surface area (Å²) in [6.07, 6.45) is 5.59. The van der Waals surface area contributed by atoms with Crippen LogP contribution in [0.15, 0.2) is 79.0 Å². The van der Waals surface area contributed by atoms with E-state index in [1.165, 1.54) is 0 Å². The van der Waals surface area contributed by atoms with E-state index in [-0.39, 0.29) is 11.8 Å². The minimum Gasteiger partial charge on any atom is -0.336 e. The highest BCUT2D eigenvalue weighted by Gasteiger charge is 2.24. The van der Waals surface area contributed by atoms with Crippen LogP contribution in [0.3, 0.4) is 0 Å². The smallest absolute Gasteiger partial charge is 0.254 e. The molecule has 0 unspecified atom stereocenters. The number of hydrogen-bond donors (Lipinski definition) is 1. The number of amides is 2. The molecule has 1 N–H and O–H groups in total. The van der Waals surface area contributed by atoms with Gasteiger partial charge in [0, 0.05) is 43.6 Å². The zero-order valence-corrected chi connectivity index (χ0v) is 17.9. The molecule has 32 heavy (non-hydrogen) atoms. The van der Waals surface area contributed by atoms with Crippen molar-refractivity contribution in [3.63, 3.8) is 0 Å². The first kappa shape index (κ1) is 21.5. The average molecular weight is 427 g/mol. The highest BCUT2D eigenvalue weighted by atomic mass is 16.2. The number of benzene rings is 2. The lowest BCUT2D eigenvalue weighted by Crippen LogP contribution is -2.50. The van der Waals surface area contributed by atoms with Crippen LogP contribution in [0.1, 0.15) is 21.6 Å².